The van der Waals surface area contributed by atoms with Crippen LogP contribution < -0.4 is 10.3 Å². The lowest BCUT2D eigenvalue weighted by Crippen LogP contribution is -2.26. The van der Waals surface area contributed by atoms with Gasteiger partial charge in [-0.15, -0.1) is 5.10 Å². The maximum absolute atomic E-state index is 12.4. The first-order valence-electron chi connectivity index (χ1n) is 9.17. The van der Waals surface area contributed by atoms with Crippen LogP contribution in [0.4, 0.5) is 0 Å². The number of ether oxygens (including phenoxy) is 2. The zero-order chi connectivity index (χ0) is 21.1. The number of esters is 1. The van der Waals surface area contributed by atoms with E-state index >= 15 is 0 Å². The number of hydrogen-bond donors (Lipinski definition) is 0. The summed E-state index contributed by atoms with van der Waals surface area (Å²) < 4.78 is 17.0. The van der Waals surface area contributed by atoms with Gasteiger partial charge in [-0.1, -0.05) is 22.5 Å². The molecule has 0 unspecified atom stereocenters. The quantitative estimate of drug-likeness (QED) is 0.450. The normalized spacial score (nSPS) is 10.9. The van der Waals surface area contributed by atoms with Crippen molar-refractivity contribution >= 4 is 16.9 Å². The van der Waals surface area contributed by atoms with Crippen LogP contribution in [0.25, 0.3) is 10.9 Å². The third kappa shape index (κ3) is 3.90. The van der Waals surface area contributed by atoms with E-state index in [2.05, 4.69) is 15.5 Å². The van der Waals surface area contributed by atoms with E-state index in [0.29, 0.717) is 34.6 Å². The summed E-state index contributed by atoms with van der Waals surface area (Å²) in [6, 6.07) is 13.3. The van der Waals surface area contributed by atoms with Gasteiger partial charge in [0.2, 0.25) is 0 Å². The van der Waals surface area contributed by atoms with Gasteiger partial charge >= 0.3 is 5.97 Å². The Kier molecular flexibility index (Phi) is 5.25. The first kappa shape index (κ1) is 19.3. The highest BCUT2D eigenvalue weighted by Crippen LogP contribution is 2.18. The molecule has 0 aliphatic carbocycles. The Labute approximate surface area is 170 Å². The second kappa shape index (κ2) is 8.16. The van der Waals surface area contributed by atoms with Gasteiger partial charge in [-0.25, -0.2) is 4.79 Å². The Morgan fingerprint density at radius 3 is 2.60 bits per heavy atom. The molecule has 2 heterocycles. The van der Waals surface area contributed by atoms with Crippen LogP contribution >= 0.6 is 0 Å². The molecule has 0 amide bonds. The third-order valence-corrected chi connectivity index (χ3v) is 4.60. The molecule has 152 valence electrons. The smallest absolute Gasteiger partial charge is 0.339 e. The van der Waals surface area contributed by atoms with Crippen molar-refractivity contribution in [2.75, 3.05) is 0 Å². The first-order valence-corrected chi connectivity index (χ1v) is 9.17. The van der Waals surface area contributed by atoms with Crippen molar-refractivity contribution in [2.45, 2.75) is 27.2 Å². The summed E-state index contributed by atoms with van der Waals surface area (Å²) in [4.78, 5) is 24.7. The lowest BCUT2D eigenvalue weighted by Gasteiger charge is -2.08. The summed E-state index contributed by atoms with van der Waals surface area (Å²) in [6.45, 7) is 3.65. The lowest BCUT2D eigenvalue weighted by molar-refractivity contribution is 0.0336. The minimum absolute atomic E-state index is 0.314. The summed E-state index contributed by atoms with van der Waals surface area (Å²) in [7, 11) is 0. The molecular formula is C21H18N4O5. The fourth-order valence-corrected chi connectivity index (χ4v) is 2.86. The second-order valence-electron chi connectivity index (χ2n) is 6.59. The van der Waals surface area contributed by atoms with E-state index in [9.17, 15) is 9.59 Å². The predicted molar refractivity (Wildman–Crippen MR) is 106 cm³/mol. The van der Waals surface area contributed by atoms with Crippen LogP contribution in [-0.4, -0.2) is 26.1 Å². The highest BCUT2D eigenvalue weighted by Gasteiger charge is 2.12. The second-order valence-corrected chi connectivity index (χ2v) is 6.59. The molecule has 2 aromatic heterocycles. The maximum atomic E-state index is 12.4. The highest BCUT2D eigenvalue weighted by molar-refractivity contribution is 5.89. The number of fused-ring (bicyclic) bond motifs is 1. The summed E-state index contributed by atoms with van der Waals surface area (Å²) in [5, 5.41) is 12.0. The Morgan fingerprint density at radius 1 is 1.10 bits per heavy atom. The van der Waals surface area contributed by atoms with E-state index in [1.165, 1.54) is 0 Å². The Morgan fingerprint density at radius 2 is 1.87 bits per heavy atom. The number of rotatable bonds is 6. The maximum Gasteiger partial charge on any atom is 0.339 e. The van der Waals surface area contributed by atoms with Crippen LogP contribution in [0.5, 0.6) is 5.75 Å². The molecule has 0 bridgehead atoms. The zero-order valence-electron chi connectivity index (χ0n) is 16.4. The average Bonchev–Trinajstić information content (AvgIpc) is 3.09. The zero-order valence-corrected chi connectivity index (χ0v) is 16.4. The molecule has 0 atom stereocenters. The average molecular weight is 406 g/mol. The highest BCUT2D eigenvalue weighted by atomic mass is 16.5. The van der Waals surface area contributed by atoms with Crippen molar-refractivity contribution in [1.82, 2.24) is 20.2 Å². The van der Waals surface area contributed by atoms with Gasteiger partial charge in [0, 0.05) is 0 Å². The van der Waals surface area contributed by atoms with Crippen molar-refractivity contribution in [1.29, 1.82) is 0 Å². The number of hydrogen-bond acceptors (Lipinski definition) is 8. The number of carbonyl (C=O) groups excluding carboxylic acids is 1. The van der Waals surface area contributed by atoms with E-state index in [-0.39, 0.29) is 12.3 Å². The molecule has 0 radical (unpaired) electrons. The molecule has 0 aliphatic rings. The van der Waals surface area contributed by atoms with Crippen LogP contribution in [-0.2, 0) is 18.1 Å². The van der Waals surface area contributed by atoms with Gasteiger partial charge in [-0.3, -0.25) is 4.79 Å². The van der Waals surface area contributed by atoms with Gasteiger partial charge in [0.1, 0.15) is 23.6 Å². The number of aromatic nitrogens is 4. The molecule has 0 N–H and O–H groups in total. The fraction of sp³-hybridized carbons (Fsp3) is 0.190. The van der Waals surface area contributed by atoms with Crippen LogP contribution in [0.15, 0.2) is 57.8 Å². The summed E-state index contributed by atoms with van der Waals surface area (Å²) in [5.74, 6) is 0.706. The van der Waals surface area contributed by atoms with Crippen molar-refractivity contribution in [3.63, 3.8) is 0 Å². The van der Waals surface area contributed by atoms with Gasteiger partial charge in [-0.2, -0.15) is 4.68 Å². The molecule has 4 rings (SSSR count). The summed E-state index contributed by atoms with van der Waals surface area (Å²) in [6.07, 6.45) is 0. The number of carbonyl (C=O) groups is 1. The topological polar surface area (TPSA) is 109 Å². The minimum Gasteiger partial charge on any atom is -0.489 e. The van der Waals surface area contributed by atoms with Crippen molar-refractivity contribution in [3.05, 3.63) is 81.5 Å². The van der Waals surface area contributed by atoms with Crippen molar-refractivity contribution in [3.8, 4) is 5.75 Å². The SMILES string of the molecule is Cc1noc(C)c1COc1ccc(C(=O)OCn2nnc3ccccc3c2=O)cc1. The van der Waals surface area contributed by atoms with E-state index in [4.69, 9.17) is 14.0 Å². The monoisotopic (exact) mass is 406 g/mol. The van der Waals surface area contributed by atoms with Crippen LogP contribution in [0.3, 0.4) is 0 Å². The molecule has 0 saturated carbocycles. The molecular weight excluding hydrogens is 388 g/mol. The van der Waals surface area contributed by atoms with Gasteiger partial charge < -0.3 is 14.0 Å². The van der Waals surface area contributed by atoms with Gasteiger partial charge in [0.05, 0.1) is 22.2 Å². The molecule has 30 heavy (non-hydrogen) atoms. The van der Waals surface area contributed by atoms with Crippen molar-refractivity contribution in [2.24, 2.45) is 0 Å². The largest absolute Gasteiger partial charge is 0.489 e. The molecule has 0 spiro atoms. The molecule has 9 nitrogen and oxygen atoms in total. The molecule has 2 aromatic carbocycles. The Hall–Kier alpha value is -4.01. The molecule has 0 fully saturated rings. The van der Waals surface area contributed by atoms with E-state index in [1.54, 1.807) is 48.5 Å². The minimum atomic E-state index is -0.589. The van der Waals surface area contributed by atoms with Crippen LogP contribution in [0.1, 0.15) is 27.4 Å². The van der Waals surface area contributed by atoms with Crippen LogP contribution in [0.2, 0.25) is 0 Å². The van der Waals surface area contributed by atoms with Crippen LogP contribution in [0, 0.1) is 13.8 Å². The van der Waals surface area contributed by atoms with E-state index in [0.717, 1.165) is 15.9 Å². The fourth-order valence-electron chi connectivity index (χ4n) is 2.86. The number of benzene rings is 2. The van der Waals surface area contributed by atoms with Gasteiger partial charge in [0.25, 0.3) is 5.56 Å². The molecule has 0 saturated heterocycles. The summed E-state index contributed by atoms with van der Waals surface area (Å²) >= 11 is 0. The number of aryl methyl sites for hydroxylation is 2. The first-order chi connectivity index (χ1) is 14.5. The van der Waals surface area contributed by atoms with Crippen molar-refractivity contribution < 1.29 is 18.8 Å². The predicted octanol–water partition coefficient (Wildman–Crippen LogP) is 2.79. The van der Waals surface area contributed by atoms with E-state index in [1.807, 2.05) is 13.8 Å². The van der Waals surface area contributed by atoms with Gasteiger partial charge in [0.15, 0.2) is 6.73 Å². The third-order valence-electron chi connectivity index (χ3n) is 4.60. The standard InChI is InChI=1S/C21H18N4O5/c1-13-18(14(2)30-23-13)11-28-16-9-7-15(8-10-16)21(27)29-12-25-20(26)17-5-3-4-6-19(17)22-24-25/h3-10H,11-12H2,1-2H3. The lowest BCUT2D eigenvalue weighted by atomic mass is 10.2. The molecule has 9 heteroatoms. The van der Waals surface area contributed by atoms with E-state index < -0.39 is 5.97 Å². The molecule has 0 aliphatic heterocycles. The summed E-state index contributed by atoms with van der Waals surface area (Å²) in [5.41, 5.74) is 2.09. The number of nitrogens with zero attached hydrogens (tertiary/aromatic N) is 4. The van der Waals surface area contributed by atoms with Gasteiger partial charge in [-0.05, 0) is 50.2 Å². The molecule has 4 aromatic rings. The Bertz CT molecular complexity index is 1240. The Balaban J connectivity index is 1.38.